The molecule has 1 aliphatic carbocycles. The van der Waals surface area contributed by atoms with E-state index in [4.69, 9.17) is 4.74 Å². The zero-order valence-corrected chi connectivity index (χ0v) is 11.9. The number of methoxy groups -OCH3 is 1. The molecule has 1 saturated carbocycles. The van der Waals surface area contributed by atoms with Crippen molar-refractivity contribution in [3.8, 4) is 0 Å². The summed E-state index contributed by atoms with van der Waals surface area (Å²) in [6.45, 7) is 2.44. The van der Waals surface area contributed by atoms with Gasteiger partial charge in [0, 0.05) is 13.7 Å². The summed E-state index contributed by atoms with van der Waals surface area (Å²) in [5, 5.41) is 9.30. The zero-order valence-electron chi connectivity index (χ0n) is 11.9. The molecule has 3 unspecified atom stereocenters. The van der Waals surface area contributed by atoms with Crippen LogP contribution in [-0.2, 0) is 19.1 Å². The Morgan fingerprint density at radius 1 is 1.35 bits per heavy atom. The van der Waals surface area contributed by atoms with Gasteiger partial charge in [-0.3, -0.25) is 14.5 Å². The number of rotatable bonds is 6. The first-order valence-electron chi connectivity index (χ1n) is 7.06. The van der Waals surface area contributed by atoms with E-state index in [0.717, 1.165) is 4.90 Å². The van der Waals surface area contributed by atoms with E-state index in [-0.39, 0.29) is 30.1 Å². The lowest BCUT2D eigenvalue weighted by atomic mass is 10.00. The highest BCUT2D eigenvalue weighted by atomic mass is 16.5. The number of fused-ring (bicyclic) bond motifs is 1. The molecule has 1 heterocycles. The van der Waals surface area contributed by atoms with Crippen LogP contribution < -0.4 is 0 Å². The number of nitrogens with zero attached hydrogens (tertiary/aromatic N) is 1. The fourth-order valence-corrected chi connectivity index (χ4v) is 3.39. The van der Waals surface area contributed by atoms with Crippen molar-refractivity contribution in [1.29, 1.82) is 0 Å². The van der Waals surface area contributed by atoms with Crippen LogP contribution in [0.5, 0.6) is 0 Å². The largest absolute Gasteiger partial charge is 0.480 e. The predicted octanol–water partition coefficient (Wildman–Crippen LogP) is 0.897. The van der Waals surface area contributed by atoms with Gasteiger partial charge in [0.15, 0.2) is 0 Å². The number of amides is 2. The minimum Gasteiger partial charge on any atom is -0.480 e. The Hall–Kier alpha value is -1.43. The maximum Gasteiger partial charge on any atom is 0.326 e. The molecule has 2 fully saturated rings. The summed E-state index contributed by atoms with van der Waals surface area (Å²) in [6, 6.07) is -1.05. The van der Waals surface area contributed by atoms with Crippen LogP contribution >= 0.6 is 0 Å². The van der Waals surface area contributed by atoms with E-state index >= 15 is 0 Å². The lowest BCUT2D eigenvalue weighted by Crippen LogP contribution is -2.46. The van der Waals surface area contributed by atoms with Crippen LogP contribution in [-0.4, -0.2) is 47.5 Å². The Kier molecular flexibility index (Phi) is 4.42. The van der Waals surface area contributed by atoms with Gasteiger partial charge in [0.2, 0.25) is 11.8 Å². The van der Waals surface area contributed by atoms with Crippen molar-refractivity contribution in [3.63, 3.8) is 0 Å². The number of aliphatic carboxylic acids is 1. The van der Waals surface area contributed by atoms with E-state index in [0.29, 0.717) is 31.8 Å². The smallest absolute Gasteiger partial charge is 0.326 e. The highest BCUT2D eigenvalue weighted by molar-refractivity contribution is 6.08. The molecule has 0 aromatic heterocycles. The first-order chi connectivity index (χ1) is 9.47. The summed E-state index contributed by atoms with van der Waals surface area (Å²) < 4.78 is 4.90. The maximum atomic E-state index is 12.3. The quantitative estimate of drug-likeness (QED) is 0.578. The van der Waals surface area contributed by atoms with Crippen LogP contribution in [0, 0.1) is 17.8 Å². The molecule has 0 spiro atoms. The van der Waals surface area contributed by atoms with E-state index < -0.39 is 12.0 Å². The molecule has 0 aromatic rings. The number of carbonyl (C=O) groups excluding carboxylic acids is 2. The molecule has 112 valence electrons. The molecule has 6 nitrogen and oxygen atoms in total. The zero-order chi connectivity index (χ0) is 14.9. The third kappa shape index (κ3) is 2.57. The summed E-state index contributed by atoms with van der Waals surface area (Å²) in [5.74, 6) is -1.96. The summed E-state index contributed by atoms with van der Waals surface area (Å²) >= 11 is 0. The monoisotopic (exact) mass is 283 g/mol. The third-order valence-corrected chi connectivity index (χ3v) is 4.33. The summed E-state index contributed by atoms with van der Waals surface area (Å²) in [5.41, 5.74) is 0. The van der Waals surface area contributed by atoms with Gasteiger partial charge in [-0.05, 0) is 31.6 Å². The lowest BCUT2D eigenvalue weighted by molar-refractivity contribution is -0.155. The Morgan fingerprint density at radius 3 is 2.35 bits per heavy atom. The van der Waals surface area contributed by atoms with Crippen LogP contribution in [0.3, 0.4) is 0 Å². The lowest BCUT2D eigenvalue weighted by Gasteiger charge is -2.24. The van der Waals surface area contributed by atoms with Gasteiger partial charge >= 0.3 is 5.97 Å². The maximum absolute atomic E-state index is 12.3. The van der Waals surface area contributed by atoms with E-state index in [9.17, 15) is 19.5 Å². The second-order valence-electron chi connectivity index (χ2n) is 5.83. The number of carboxylic acids is 1. The van der Waals surface area contributed by atoms with Gasteiger partial charge in [0.25, 0.3) is 0 Å². The summed E-state index contributed by atoms with van der Waals surface area (Å²) in [4.78, 5) is 37.0. The van der Waals surface area contributed by atoms with Gasteiger partial charge in [0.1, 0.15) is 6.04 Å². The molecular weight excluding hydrogens is 262 g/mol. The van der Waals surface area contributed by atoms with Crippen molar-refractivity contribution in [2.45, 2.75) is 38.6 Å². The minimum atomic E-state index is -1.11. The first kappa shape index (κ1) is 15.0. The van der Waals surface area contributed by atoms with Gasteiger partial charge in [-0.1, -0.05) is 6.92 Å². The third-order valence-electron chi connectivity index (χ3n) is 4.33. The number of ether oxygens (including phenoxy) is 1. The van der Waals surface area contributed by atoms with E-state index in [1.165, 1.54) is 7.11 Å². The molecule has 1 saturated heterocycles. The van der Waals surface area contributed by atoms with Gasteiger partial charge in [-0.25, -0.2) is 4.79 Å². The van der Waals surface area contributed by atoms with Gasteiger partial charge in [-0.2, -0.15) is 0 Å². The molecule has 1 N–H and O–H groups in total. The summed E-state index contributed by atoms with van der Waals surface area (Å²) in [6.07, 6.45) is 2.14. The van der Waals surface area contributed by atoms with Gasteiger partial charge in [0.05, 0.1) is 11.8 Å². The molecule has 6 heteroatoms. The molecule has 1 aliphatic heterocycles. The highest BCUT2D eigenvalue weighted by Gasteiger charge is 2.54. The van der Waals surface area contributed by atoms with Crippen molar-refractivity contribution >= 4 is 17.8 Å². The molecular formula is C14H21NO5. The standard InChI is InChI=1S/C14H21NO5/c1-8-6-9-10(7-8)13(17)15(12(9)16)11(14(18)19)4-3-5-20-2/h8-11H,3-7H2,1-2H3,(H,18,19). The van der Waals surface area contributed by atoms with Crippen molar-refractivity contribution in [2.24, 2.45) is 17.8 Å². The van der Waals surface area contributed by atoms with Gasteiger partial charge in [-0.15, -0.1) is 0 Å². The number of carboxylic acid groups (broad SMARTS) is 1. The van der Waals surface area contributed by atoms with Crippen LogP contribution in [0.25, 0.3) is 0 Å². The molecule has 0 bridgehead atoms. The fourth-order valence-electron chi connectivity index (χ4n) is 3.39. The average molecular weight is 283 g/mol. The Bertz CT molecular complexity index is 398. The first-order valence-corrected chi connectivity index (χ1v) is 7.06. The normalized spacial score (nSPS) is 30.7. The molecule has 2 rings (SSSR count). The molecule has 20 heavy (non-hydrogen) atoms. The van der Waals surface area contributed by atoms with Gasteiger partial charge < -0.3 is 9.84 Å². The highest BCUT2D eigenvalue weighted by Crippen LogP contribution is 2.43. The molecule has 2 amide bonds. The van der Waals surface area contributed by atoms with Crippen LogP contribution in [0.1, 0.15) is 32.6 Å². The van der Waals surface area contributed by atoms with Crippen molar-refractivity contribution in [2.75, 3.05) is 13.7 Å². The average Bonchev–Trinajstić information content (AvgIpc) is 2.86. The van der Waals surface area contributed by atoms with E-state index in [1.807, 2.05) is 6.92 Å². The molecule has 2 aliphatic rings. The van der Waals surface area contributed by atoms with Crippen molar-refractivity contribution in [3.05, 3.63) is 0 Å². The minimum absolute atomic E-state index is 0.246. The Morgan fingerprint density at radius 2 is 1.90 bits per heavy atom. The molecule has 0 aromatic carbocycles. The SMILES string of the molecule is COCCCC(C(=O)O)N1C(=O)C2CC(C)CC2C1=O. The van der Waals surface area contributed by atoms with Crippen molar-refractivity contribution in [1.82, 2.24) is 4.90 Å². The van der Waals surface area contributed by atoms with Crippen LogP contribution in [0.2, 0.25) is 0 Å². The topological polar surface area (TPSA) is 83.9 Å². The van der Waals surface area contributed by atoms with E-state index in [2.05, 4.69) is 0 Å². The van der Waals surface area contributed by atoms with E-state index in [1.54, 1.807) is 0 Å². The second-order valence-corrected chi connectivity index (χ2v) is 5.83. The number of imide groups is 1. The number of hydrogen-bond donors (Lipinski definition) is 1. The fraction of sp³-hybridized carbons (Fsp3) is 0.786. The predicted molar refractivity (Wildman–Crippen MR) is 69.8 cm³/mol. The Labute approximate surface area is 118 Å². The summed E-state index contributed by atoms with van der Waals surface area (Å²) in [7, 11) is 1.54. The van der Waals surface area contributed by atoms with Crippen LogP contribution in [0.4, 0.5) is 0 Å². The number of hydrogen-bond acceptors (Lipinski definition) is 4. The Balaban J connectivity index is 2.12. The van der Waals surface area contributed by atoms with Crippen molar-refractivity contribution < 1.29 is 24.2 Å². The number of likely N-dealkylation sites (tertiary alicyclic amines) is 1. The number of carbonyl (C=O) groups is 3. The molecule has 0 radical (unpaired) electrons. The molecule has 3 atom stereocenters. The second kappa shape index (κ2) is 5.91. The van der Waals surface area contributed by atoms with Crippen LogP contribution in [0.15, 0.2) is 0 Å².